The average molecular weight is 260 g/mol. The van der Waals surface area contributed by atoms with Crippen molar-refractivity contribution in [3.63, 3.8) is 0 Å². The molecule has 13 heavy (non-hydrogen) atoms. The lowest BCUT2D eigenvalue weighted by Crippen LogP contribution is -2.29. The van der Waals surface area contributed by atoms with Crippen LogP contribution < -0.4 is 5.32 Å². The molecule has 0 aliphatic carbocycles. The minimum absolute atomic E-state index is 0.193. The van der Waals surface area contributed by atoms with E-state index in [9.17, 15) is 0 Å². The number of halogens is 1. The first-order valence-electron chi connectivity index (χ1n) is 4.09. The normalized spacial score (nSPS) is 20.6. The first-order valence-corrected chi connectivity index (χ1v) is 5.87. The largest absolute Gasteiger partial charge is 0.394 e. The van der Waals surface area contributed by atoms with Crippen LogP contribution in [0.2, 0.25) is 0 Å². The van der Waals surface area contributed by atoms with Gasteiger partial charge in [-0.25, -0.2) is 0 Å². The van der Waals surface area contributed by atoms with Gasteiger partial charge in [-0.15, -0.1) is 11.8 Å². The number of rotatable bonds is 1. The maximum atomic E-state index is 8.99. The summed E-state index contributed by atoms with van der Waals surface area (Å²) in [5.74, 6) is 0.931. The molecule has 1 aromatic rings. The zero-order valence-corrected chi connectivity index (χ0v) is 9.36. The Bertz CT molecular complexity index is 318. The fourth-order valence-corrected chi connectivity index (χ4v) is 2.86. The van der Waals surface area contributed by atoms with E-state index in [4.69, 9.17) is 5.11 Å². The van der Waals surface area contributed by atoms with E-state index >= 15 is 0 Å². The summed E-state index contributed by atoms with van der Waals surface area (Å²) in [4.78, 5) is 1.25. The molecular formula is C9H10BrNOS. The molecule has 2 N–H and O–H groups in total. The summed E-state index contributed by atoms with van der Waals surface area (Å²) in [5, 5.41) is 12.3. The van der Waals surface area contributed by atoms with E-state index in [-0.39, 0.29) is 12.6 Å². The van der Waals surface area contributed by atoms with Crippen LogP contribution in [0.4, 0.5) is 5.69 Å². The predicted octanol–water partition coefficient (Wildman–Crippen LogP) is 2.33. The molecule has 2 rings (SSSR count). The average Bonchev–Trinajstić information content (AvgIpc) is 2.17. The van der Waals surface area contributed by atoms with Gasteiger partial charge in [-0.1, -0.05) is 15.9 Å². The fraction of sp³-hybridized carbons (Fsp3) is 0.333. The maximum Gasteiger partial charge on any atom is 0.0641 e. The topological polar surface area (TPSA) is 32.3 Å². The third-order valence-corrected chi connectivity index (χ3v) is 3.67. The van der Waals surface area contributed by atoms with Crippen molar-refractivity contribution < 1.29 is 5.11 Å². The molecular weight excluding hydrogens is 250 g/mol. The first-order chi connectivity index (χ1) is 6.29. The van der Waals surface area contributed by atoms with Crippen molar-refractivity contribution in [2.45, 2.75) is 10.9 Å². The van der Waals surface area contributed by atoms with Crippen LogP contribution in [0.3, 0.4) is 0 Å². The summed E-state index contributed by atoms with van der Waals surface area (Å²) >= 11 is 5.22. The Hall–Kier alpha value is -0.190. The lowest BCUT2D eigenvalue weighted by Gasteiger charge is -2.24. The maximum absolute atomic E-state index is 8.99. The van der Waals surface area contributed by atoms with Crippen molar-refractivity contribution in [2.75, 3.05) is 17.7 Å². The number of thioether (sulfide) groups is 1. The van der Waals surface area contributed by atoms with E-state index in [1.54, 1.807) is 11.8 Å². The molecule has 1 aromatic carbocycles. The van der Waals surface area contributed by atoms with Gasteiger partial charge in [0, 0.05) is 20.8 Å². The second kappa shape index (κ2) is 3.90. The number of hydrogen-bond acceptors (Lipinski definition) is 3. The van der Waals surface area contributed by atoms with E-state index in [2.05, 4.69) is 27.3 Å². The van der Waals surface area contributed by atoms with Crippen LogP contribution in [-0.4, -0.2) is 23.5 Å². The summed E-state index contributed by atoms with van der Waals surface area (Å²) in [6.45, 7) is 0.197. The molecule has 70 valence electrons. The van der Waals surface area contributed by atoms with Gasteiger partial charge in [-0.2, -0.15) is 0 Å². The smallest absolute Gasteiger partial charge is 0.0641 e. The van der Waals surface area contributed by atoms with Gasteiger partial charge in [0.1, 0.15) is 0 Å². The first kappa shape index (κ1) is 9.37. The molecule has 0 aromatic heterocycles. The molecule has 1 aliphatic rings. The van der Waals surface area contributed by atoms with Crippen molar-refractivity contribution in [2.24, 2.45) is 0 Å². The van der Waals surface area contributed by atoms with E-state index in [0.29, 0.717) is 0 Å². The second-order valence-electron chi connectivity index (χ2n) is 2.98. The third-order valence-electron chi connectivity index (χ3n) is 1.96. The van der Waals surface area contributed by atoms with E-state index < -0.39 is 0 Å². The highest BCUT2D eigenvalue weighted by atomic mass is 79.9. The molecule has 1 atom stereocenters. The lowest BCUT2D eigenvalue weighted by atomic mass is 10.2. The van der Waals surface area contributed by atoms with Crippen molar-refractivity contribution in [3.05, 3.63) is 22.7 Å². The molecule has 0 saturated heterocycles. The molecule has 0 radical (unpaired) electrons. The van der Waals surface area contributed by atoms with Gasteiger partial charge in [0.15, 0.2) is 0 Å². The van der Waals surface area contributed by atoms with Crippen LogP contribution in [0.1, 0.15) is 0 Å². The summed E-state index contributed by atoms with van der Waals surface area (Å²) in [7, 11) is 0. The molecule has 0 fully saturated rings. The molecule has 1 aliphatic heterocycles. The molecule has 1 heterocycles. The summed E-state index contributed by atoms with van der Waals surface area (Å²) in [5.41, 5.74) is 1.12. The molecule has 2 nitrogen and oxygen atoms in total. The van der Waals surface area contributed by atoms with Gasteiger partial charge >= 0.3 is 0 Å². The van der Waals surface area contributed by atoms with Gasteiger partial charge in [0.05, 0.1) is 12.6 Å². The highest BCUT2D eigenvalue weighted by Crippen LogP contribution is 2.34. The van der Waals surface area contributed by atoms with Crippen molar-refractivity contribution >= 4 is 33.4 Å². The van der Waals surface area contributed by atoms with Crippen LogP contribution in [0.5, 0.6) is 0 Å². The van der Waals surface area contributed by atoms with E-state index in [0.717, 1.165) is 15.9 Å². The zero-order valence-electron chi connectivity index (χ0n) is 6.96. The second-order valence-corrected chi connectivity index (χ2v) is 4.95. The van der Waals surface area contributed by atoms with Gasteiger partial charge in [0.2, 0.25) is 0 Å². The number of nitrogens with one attached hydrogen (secondary N) is 1. The molecule has 1 unspecified atom stereocenters. The SMILES string of the molecule is OCC1CSc2cc(Br)ccc2N1. The van der Waals surface area contributed by atoms with Crippen LogP contribution in [0, 0.1) is 0 Å². The Morgan fingerprint density at radius 2 is 2.46 bits per heavy atom. The highest BCUT2D eigenvalue weighted by Gasteiger charge is 2.16. The van der Waals surface area contributed by atoms with Crippen LogP contribution >= 0.6 is 27.7 Å². The van der Waals surface area contributed by atoms with Gasteiger partial charge < -0.3 is 10.4 Å². The van der Waals surface area contributed by atoms with E-state index in [1.165, 1.54) is 4.90 Å². The van der Waals surface area contributed by atoms with Crippen LogP contribution in [0.25, 0.3) is 0 Å². The summed E-state index contributed by atoms with van der Waals surface area (Å²) in [6, 6.07) is 6.33. The molecule has 0 bridgehead atoms. The third kappa shape index (κ3) is 2.00. The number of anilines is 1. The number of hydrogen-bond donors (Lipinski definition) is 2. The predicted molar refractivity (Wildman–Crippen MR) is 59.4 cm³/mol. The van der Waals surface area contributed by atoms with E-state index in [1.807, 2.05) is 12.1 Å². The number of benzene rings is 1. The molecule has 0 amide bonds. The van der Waals surface area contributed by atoms with Crippen molar-refractivity contribution in [3.8, 4) is 0 Å². The Morgan fingerprint density at radius 3 is 3.23 bits per heavy atom. The summed E-state index contributed by atoms with van der Waals surface area (Å²) in [6.07, 6.45) is 0. The fourth-order valence-electron chi connectivity index (χ4n) is 1.29. The monoisotopic (exact) mass is 259 g/mol. The Kier molecular flexibility index (Phi) is 2.81. The van der Waals surface area contributed by atoms with Crippen molar-refractivity contribution in [1.82, 2.24) is 0 Å². The van der Waals surface area contributed by atoms with Gasteiger partial charge in [0.25, 0.3) is 0 Å². The van der Waals surface area contributed by atoms with Gasteiger partial charge in [-0.05, 0) is 18.2 Å². The zero-order chi connectivity index (χ0) is 9.26. The molecule has 4 heteroatoms. The van der Waals surface area contributed by atoms with Crippen LogP contribution in [0.15, 0.2) is 27.6 Å². The number of fused-ring (bicyclic) bond motifs is 1. The number of aliphatic hydroxyl groups excluding tert-OH is 1. The molecule has 0 saturated carbocycles. The highest BCUT2D eigenvalue weighted by molar-refractivity contribution is 9.10. The minimum atomic E-state index is 0.193. The molecule has 0 spiro atoms. The Labute approximate surface area is 89.9 Å². The van der Waals surface area contributed by atoms with Crippen molar-refractivity contribution in [1.29, 1.82) is 0 Å². The number of aliphatic hydroxyl groups is 1. The Balaban J connectivity index is 2.26. The van der Waals surface area contributed by atoms with Crippen LogP contribution in [-0.2, 0) is 0 Å². The standard InChI is InChI=1S/C9H10BrNOS/c10-6-1-2-8-9(3-6)13-5-7(4-12)11-8/h1-3,7,11-12H,4-5H2. The minimum Gasteiger partial charge on any atom is -0.394 e. The Morgan fingerprint density at radius 1 is 1.62 bits per heavy atom. The quantitative estimate of drug-likeness (QED) is 0.812. The summed E-state index contributed by atoms with van der Waals surface area (Å²) < 4.78 is 1.10. The lowest BCUT2D eigenvalue weighted by molar-refractivity contribution is 0.282. The van der Waals surface area contributed by atoms with Gasteiger partial charge in [-0.3, -0.25) is 0 Å².